The first-order valence-electron chi connectivity index (χ1n) is 20.1. The van der Waals surface area contributed by atoms with Crippen molar-refractivity contribution in [3.8, 4) is 0 Å². The van der Waals surface area contributed by atoms with E-state index in [0.717, 1.165) is 36.5 Å². The lowest BCUT2D eigenvalue weighted by molar-refractivity contribution is -0.223. The minimum absolute atomic E-state index is 0.127. The summed E-state index contributed by atoms with van der Waals surface area (Å²) in [5, 5.41) is 39.2. The summed E-state index contributed by atoms with van der Waals surface area (Å²) in [7, 11) is -4.08. The quantitative estimate of drug-likeness (QED) is 0.0369. The third-order valence-electron chi connectivity index (χ3n) is 10.9. The lowest BCUT2D eigenvalue weighted by Crippen LogP contribution is -2.59. The zero-order chi connectivity index (χ0) is 36.0. The summed E-state index contributed by atoms with van der Waals surface area (Å²) >= 11 is 0. The average molecular weight is 707 g/mol. The number of unbranched alkanes of at least 4 members (excludes halogenated alkanes) is 4. The minimum Gasteiger partial charge on any atom is -0.394 e. The Balaban J connectivity index is 2.06. The molecule has 0 aromatic carbocycles. The van der Waals surface area contributed by atoms with Crippen LogP contribution in [-0.2, 0) is 13.8 Å². The smallest absolute Gasteiger partial charge is 0.330 e. The summed E-state index contributed by atoms with van der Waals surface area (Å²) < 4.78 is 23.1. The van der Waals surface area contributed by atoms with Gasteiger partial charge >= 0.3 is 7.60 Å². The number of ether oxygens (including phenoxy) is 1. The molecule has 1 aliphatic heterocycles. The number of aliphatic hydroxyl groups excluding tert-OH is 4. The first kappa shape index (κ1) is 46.0. The van der Waals surface area contributed by atoms with Gasteiger partial charge in [-0.05, 0) is 42.4 Å². The van der Waals surface area contributed by atoms with Gasteiger partial charge in [-0.1, -0.05) is 157 Å². The fourth-order valence-corrected chi connectivity index (χ4v) is 8.60. The highest BCUT2D eigenvalue weighted by Gasteiger charge is 2.45. The molecule has 0 aromatic heterocycles. The predicted octanol–water partition coefficient (Wildman–Crippen LogP) is 9.03. The second kappa shape index (κ2) is 26.7. The molecule has 0 radical (unpaired) electrons. The van der Waals surface area contributed by atoms with Crippen molar-refractivity contribution in [2.45, 2.75) is 200 Å². The summed E-state index contributed by atoms with van der Waals surface area (Å²) in [5.41, 5.74) is 0. The number of hydrogen-bond acceptors (Lipinski definition) is 7. The number of rotatable bonds is 30. The Bertz CT molecular complexity index is 813. The van der Waals surface area contributed by atoms with E-state index in [2.05, 4.69) is 41.5 Å². The van der Waals surface area contributed by atoms with Crippen LogP contribution in [0.5, 0.6) is 0 Å². The highest BCUT2D eigenvalue weighted by Crippen LogP contribution is 2.45. The van der Waals surface area contributed by atoms with E-state index >= 15 is 0 Å². The Kier molecular flexibility index (Phi) is 25.6. The maximum atomic E-state index is 12.5. The van der Waals surface area contributed by atoms with Gasteiger partial charge in [-0.25, -0.2) is 0 Å². The molecule has 1 heterocycles. The van der Waals surface area contributed by atoms with Crippen molar-refractivity contribution in [1.29, 1.82) is 0 Å². The van der Waals surface area contributed by atoms with Gasteiger partial charge in [-0.3, -0.25) is 4.57 Å². The van der Waals surface area contributed by atoms with E-state index in [1.54, 1.807) is 0 Å². The van der Waals surface area contributed by atoms with Crippen LogP contribution in [0.4, 0.5) is 0 Å². The van der Waals surface area contributed by atoms with E-state index in [1.807, 2.05) is 0 Å². The van der Waals surface area contributed by atoms with E-state index in [1.165, 1.54) is 109 Å². The average Bonchev–Trinajstić information content (AvgIpc) is 3.03. The van der Waals surface area contributed by atoms with Crippen LogP contribution in [-0.4, -0.2) is 75.2 Å². The van der Waals surface area contributed by atoms with Gasteiger partial charge in [-0.15, -0.1) is 0 Å². The molecular formula is C39H79O8P. The monoisotopic (exact) mass is 707 g/mol. The molecule has 1 saturated heterocycles. The molecule has 8 nitrogen and oxygen atoms in total. The molecule has 0 spiro atoms. The fourth-order valence-electron chi connectivity index (χ4n) is 7.33. The number of hydrogen-bond donors (Lipinski definition) is 5. The Morgan fingerprint density at radius 2 is 0.938 bits per heavy atom. The van der Waals surface area contributed by atoms with Crippen LogP contribution in [0.1, 0.15) is 170 Å². The topological polar surface area (TPSA) is 137 Å². The molecule has 11 atom stereocenters. The van der Waals surface area contributed by atoms with Gasteiger partial charge in [0.1, 0.15) is 24.4 Å². The molecule has 288 valence electrons. The molecule has 0 amide bonds. The first-order chi connectivity index (χ1) is 22.8. The molecule has 1 fully saturated rings. The van der Waals surface area contributed by atoms with E-state index in [9.17, 15) is 29.9 Å². The van der Waals surface area contributed by atoms with E-state index in [4.69, 9.17) is 9.26 Å². The fraction of sp³-hybridized carbons (Fsp3) is 1.00. The molecule has 9 heteroatoms. The molecule has 0 aliphatic carbocycles. The van der Waals surface area contributed by atoms with Crippen LogP contribution in [0.15, 0.2) is 0 Å². The van der Waals surface area contributed by atoms with Gasteiger partial charge in [0, 0.05) is 0 Å². The summed E-state index contributed by atoms with van der Waals surface area (Å²) in [6.45, 7) is 13.8. The standard InChI is InChI=1S/C39H79O8P/c1-7-8-9-10-11-17-30(2)18-12-19-31(3)20-13-21-32(4)22-14-23-33(5)24-15-25-34(6)26-16-27-46-48(44,45)29-36-38(42)39(43)37(41)35(28-40)47-36/h30-43H,7-29H2,1-6H3,(H,44,45)/t30-,31+,32+,33-,34+,35+,36-,37+,38+,39-/m0/s1. The molecule has 0 aromatic rings. The normalized spacial score (nSPS) is 26.1. The Morgan fingerprint density at radius 3 is 1.35 bits per heavy atom. The molecule has 1 rings (SSSR count). The van der Waals surface area contributed by atoms with E-state index < -0.39 is 50.9 Å². The zero-order valence-corrected chi connectivity index (χ0v) is 32.8. The highest BCUT2D eigenvalue weighted by molar-refractivity contribution is 7.52. The highest BCUT2D eigenvalue weighted by atomic mass is 31.2. The predicted molar refractivity (Wildman–Crippen MR) is 198 cm³/mol. The SMILES string of the molecule is CCCCCCC[C@H](C)CCC[C@@H](C)CCC[C@@H](C)CCC[C@H](C)CCC[C@@H](C)CCCOP(=O)(O)C[C@@H]1O[C@H](CO)[C@@H](O)[C@H](O)[C@@H]1O. The third-order valence-corrected chi connectivity index (χ3v) is 12.3. The second-order valence-corrected chi connectivity index (χ2v) is 18.0. The van der Waals surface area contributed by atoms with Gasteiger partial charge < -0.3 is 34.6 Å². The van der Waals surface area contributed by atoms with Crippen molar-refractivity contribution < 1.29 is 39.1 Å². The molecule has 5 N–H and O–H groups in total. The van der Waals surface area contributed by atoms with Crippen molar-refractivity contribution in [3.63, 3.8) is 0 Å². The second-order valence-electron chi connectivity index (χ2n) is 16.1. The molecule has 1 aliphatic rings. The molecule has 0 bridgehead atoms. The lowest BCUT2D eigenvalue weighted by Gasteiger charge is -2.40. The van der Waals surface area contributed by atoms with Gasteiger partial charge in [0.05, 0.1) is 25.5 Å². The molecule has 1 unspecified atom stereocenters. The van der Waals surface area contributed by atoms with Gasteiger partial charge in [0.2, 0.25) is 0 Å². The van der Waals surface area contributed by atoms with Crippen molar-refractivity contribution in [2.24, 2.45) is 29.6 Å². The third kappa shape index (κ3) is 21.3. The van der Waals surface area contributed by atoms with Crippen molar-refractivity contribution in [1.82, 2.24) is 0 Å². The first-order valence-corrected chi connectivity index (χ1v) is 21.8. The van der Waals surface area contributed by atoms with Crippen LogP contribution in [0, 0.1) is 29.6 Å². The molecule has 48 heavy (non-hydrogen) atoms. The summed E-state index contributed by atoms with van der Waals surface area (Å²) in [5.74, 6) is 3.84. The summed E-state index contributed by atoms with van der Waals surface area (Å²) in [6.07, 6.45) is 18.5. The maximum Gasteiger partial charge on any atom is 0.330 e. The summed E-state index contributed by atoms with van der Waals surface area (Å²) in [6, 6.07) is 0. The summed E-state index contributed by atoms with van der Waals surface area (Å²) in [4.78, 5) is 10.2. The number of aliphatic hydroxyl groups is 4. The van der Waals surface area contributed by atoms with E-state index in [-0.39, 0.29) is 6.61 Å². The van der Waals surface area contributed by atoms with Gasteiger partial charge in [-0.2, -0.15) is 0 Å². The Morgan fingerprint density at radius 1 is 0.562 bits per heavy atom. The van der Waals surface area contributed by atoms with Crippen LogP contribution >= 0.6 is 7.60 Å². The maximum absolute atomic E-state index is 12.5. The van der Waals surface area contributed by atoms with Crippen LogP contribution in [0.3, 0.4) is 0 Å². The lowest BCUT2D eigenvalue weighted by atomic mass is 9.89. The minimum atomic E-state index is -4.08. The van der Waals surface area contributed by atoms with Gasteiger partial charge in [0.15, 0.2) is 0 Å². The largest absolute Gasteiger partial charge is 0.394 e. The van der Waals surface area contributed by atoms with Crippen molar-refractivity contribution >= 4 is 7.60 Å². The Labute approximate surface area is 295 Å². The zero-order valence-electron chi connectivity index (χ0n) is 31.9. The van der Waals surface area contributed by atoms with Crippen molar-refractivity contribution in [3.05, 3.63) is 0 Å². The van der Waals surface area contributed by atoms with E-state index in [0.29, 0.717) is 12.3 Å². The molecular weight excluding hydrogens is 627 g/mol. The van der Waals surface area contributed by atoms with Crippen LogP contribution in [0.2, 0.25) is 0 Å². The van der Waals surface area contributed by atoms with Gasteiger partial charge in [0.25, 0.3) is 0 Å². The van der Waals surface area contributed by atoms with Crippen molar-refractivity contribution in [2.75, 3.05) is 19.4 Å². The van der Waals surface area contributed by atoms with Crippen LogP contribution in [0.25, 0.3) is 0 Å². The molecule has 0 saturated carbocycles. The van der Waals surface area contributed by atoms with Crippen LogP contribution < -0.4 is 0 Å². The Hall–Kier alpha value is -0.0500.